The van der Waals surface area contributed by atoms with Crippen molar-refractivity contribution in [1.82, 2.24) is 4.90 Å². The maximum absolute atomic E-state index is 5.24. The summed E-state index contributed by atoms with van der Waals surface area (Å²) in [5.74, 6) is 0.878. The van der Waals surface area contributed by atoms with Crippen molar-refractivity contribution in [1.29, 1.82) is 0 Å². The van der Waals surface area contributed by atoms with Crippen LogP contribution in [0.25, 0.3) is 0 Å². The van der Waals surface area contributed by atoms with Crippen molar-refractivity contribution in [2.24, 2.45) is 0 Å². The summed E-state index contributed by atoms with van der Waals surface area (Å²) in [6.45, 7) is 6.19. The van der Waals surface area contributed by atoms with Gasteiger partial charge in [-0.2, -0.15) is 0 Å². The van der Waals surface area contributed by atoms with Crippen molar-refractivity contribution in [3.63, 3.8) is 0 Å². The molecule has 0 aromatic rings. The van der Waals surface area contributed by atoms with Crippen molar-refractivity contribution in [3.8, 4) is 0 Å². The largest absolute Gasteiger partial charge is 0.505 e. The fraction of sp³-hybridized carbons (Fsp3) is 0.667. The van der Waals surface area contributed by atoms with Crippen LogP contribution in [-0.4, -0.2) is 35.2 Å². The molecule has 0 amide bonds. The molecule has 13 heavy (non-hydrogen) atoms. The summed E-state index contributed by atoms with van der Waals surface area (Å²) < 4.78 is 5.75. The average molecular weight is 219 g/mol. The van der Waals surface area contributed by atoms with Crippen LogP contribution in [0.4, 0.5) is 0 Å². The minimum absolute atomic E-state index is 0.878. The van der Waals surface area contributed by atoms with Crippen LogP contribution < -0.4 is 0 Å². The molecular weight excluding hydrogens is 202 g/mol. The molecule has 0 aliphatic rings. The Morgan fingerprint density at radius 3 is 2.54 bits per heavy atom. The second-order valence-electron chi connectivity index (χ2n) is 2.36. The number of hydrogen-bond donors (Lipinski definition) is 0. The summed E-state index contributed by atoms with van der Waals surface area (Å²) in [4.78, 5) is 2.17. The molecule has 0 rings (SSSR count). The lowest BCUT2D eigenvalue weighted by Gasteiger charge is -2.20. The van der Waals surface area contributed by atoms with Crippen molar-refractivity contribution in [2.75, 3.05) is 26.0 Å². The first-order chi connectivity index (χ1) is 6.26. The zero-order chi connectivity index (χ0) is 10.1. The highest BCUT2D eigenvalue weighted by atomic mass is 32.2. The van der Waals surface area contributed by atoms with Gasteiger partial charge < -0.3 is 9.64 Å². The molecule has 0 N–H and O–H groups in total. The van der Waals surface area contributed by atoms with Crippen LogP contribution in [-0.2, 0) is 4.74 Å². The molecule has 76 valence electrons. The maximum Gasteiger partial charge on any atom is 0.136 e. The second kappa shape index (κ2) is 8.38. The van der Waals surface area contributed by atoms with E-state index < -0.39 is 0 Å². The Balaban J connectivity index is 3.66. The molecule has 0 spiro atoms. The van der Waals surface area contributed by atoms with Crippen molar-refractivity contribution in [2.45, 2.75) is 13.8 Å². The average Bonchev–Trinajstić information content (AvgIpc) is 2.14. The Labute approximate surface area is 90.3 Å². The number of rotatable bonds is 5. The van der Waals surface area contributed by atoms with Gasteiger partial charge in [-0.05, 0) is 19.9 Å². The zero-order valence-corrected chi connectivity index (χ0v) is 10.1. The lowest BCUT2D eigenvalue weighted by Crippen LogP contribution is -2.26. The van der Waals surface area contributed by atoms with E-state index in [0.717, 1.165) is 23.2 Å². The summed E-state index contributed by atoms with van der Waals surface area (Å²) >= 11 is 6.90. The molecule has 0 bridgehead atoms. The second-order valence-corrected chi connectivity index (χ2v) is 4.01. The molecule has 0 atom stereocenters. The molecule has 0 aromatic heterocycles. The van der Waals surface area contributed by atoms with Gasteiger partial charge in [-0.3, -0.25) is 0 Å². The van der Waals surface area contributed by atoms with Gasteiger partial charge in [0.2, 0.25) is 0 Å². The van der Waals surface area contributed by atoms with E-state index in [4.69, 9.17) is 17.0 Å². The van der Waals surface area contributed by atoms with Crippen molar-refractivity contribution in [3.05, 3.63) is 12.3 Å². The van der Waals surface area contributed by atoms with Gasteiger partial charge in [0, 0.05) is 18.8 Å². The van der Waals surface area contributed by atoms with E-state index in [1.807, 2.05) is 6.08 Å². The van der Waals surface area contributed by atoms with E-state index in [0.29, 0.717) is 0 Å². The van der Waals surface area contributed by atoms with Crippen LogP contribution in [0.5, 0.6) is 0 Å². The smallest absolute Gasteiger partial charge is 0.136 e. The number of nitrogens with zero attached hydrogens (tertiary/aromatic N) is 1. The summed E-state index contributed by atoms with van der Waals surface area (Å²) in [5, 5.41) is 0. The number of hydrogen-bond acceptors (Lipinski definition) is 3. The van der Waals surface area contributed by atoms with Crippen LogP contribution in [0, 0.1) is 0 Å². The van der Waals surface area contributed by atoms with Crippen LogP contribution in [0.3, 0.4) is 0 Å². The van der Waals surface area contributed by atoms with Crippen molar-refractivity contribution >= 4 is 28.3 Å². The number of thiocarbonyl (C=S) groups is 1. The maximum atomic E-state index is 5.24. The van der Waals surface area contributed by atoms with E-state index in [1.165, 1.54) is 0 Å². The van der Waals surface area contributed by atoms with E-state index in [2.05, 4.69) is 18.7 Å². The summed E-state index contributed by atoms with van der Waals surface area (Å²) in [5.41, 5.74) is 0. The minimum Gasteiger partial charge on any atom is -0.505 e. The minimum atomic E-state index is 0.878. The first-order valence-corrected chi connectivity index (χ1v) is 5.75. The highest BCUT2D eigenvalue weighted by molar-refractivity contribution is 8.23. The third-order valence-corrected chi connectivity index (χ3v) is 3.03. The third kappa shape index (κ3) is 5.93. The van der Waals surface area contributed by atoms with Gasteiger partial charge >= 0.3 is 0 Å². The Bertz CT molecular complexity index is 167. The monoisotopic (exact) mass is 219 g/mol. The van der Waals surface area contributed by atoms with Gasteiger partial charge in [0.1, 0.15) is 4.32 Å². The molecule has 0 aromatic carbocycles. The molecule has 0 saturated heterocycles. The van der Waals surface area contributed by atoms with Gasteiger partial charge in [0.05, 0.1) is 13.4 Å². The first-order valence-electron chi connectivity index (χ1n) is 4.35. The highest BCUT2D eigenvalue weighted by Gasteiger charge is 2.03. The summed E-state index contributed by atoms with van der Waals surface area (Å²) in [6.07, 6.45) is 3.64. The lowest BCUT2D eigenvalue weighted by atomic mass is 10.6. The van der Waals surface area contributed by atoms with Crippen LogP contribution in [0.2, 0.25) is 0 Å². The number of methoxy groups -OCH3 is 1. The SMILES string of the molecule is CCN(CC)C(=S)SCC=COC. The van der Waals surface area contributed by atoms with E-state index in [-0.39, 0.29) is 0 Å². The zero-order valence-electron chi connectivity index (χ0n) is 8.45. The predicted molar refractivity (Wildman–Crippen MR) is 64.1 cm³/mol. The molecule has 2 nitrogen and oxygen atoms in total. The van der Waals surface area contributed by atoms with Crippen LogP contribution in [0.15, 0.2) is 12.3 Å². The van der Waals surface area contributed by atoms with E-state index >= 15 is 0 Å². The molecule has 0 aliphatic carbocycles. The molecule has 0 aliphatic heterocycles. The van der Waals surface area contributed by atoms with Gasteiger partial charge in [-0.15, -0.1) is 0 Å². The summed E-state index contributed by atoms with van der Waals surface area (Å²) in [7, 11) is 1.64. The third-order valence-electron chi connectivity index (χ3n) is 1.56. The quantitative estimate of drug-likeness (QED) is 0.520. The molecule has 0 saturated carbocycles. The van der Waals surface area contributed by atoms with Gasteiger partial charge in [0.15, 0.2) is 0 Å². The fourth-order valence-electron chi connectivity index (χ4n) is 0.828. The number of ether oxygens (including phenoxy) is 1. The Morgan fingerprint density at radius 1 is 1.46 bits per heavy atom. The Kier molecular flexibility index (Phi) is 8.24. The van der Waals surface area contributed by atoms with Crippen LogP contribution in [0.1, 0.15) is 13.8 Å². The van der Waals surface area contributed by atoms with Crippen molar-refractivity contribution < 1.29 is 4.74 Å². The predicted octanol–water partition coefficient (Wildman–Crippen LogP) is 2.51. The topological polar surface area (TPSA) is 12.5 Å². The van der Waals surface area contributed by atoms with Gasteiger partial charge in [0.25, 0.3) is 0 Å². The molecule has 4 heteroatoms. The first kappa shape index (κ1) is 12.8. The Morgan fingerprint density at radius 2 is 2.08 bits per heavy atom. The standard InChI is InChI=1S/C9H17NOS2/c1-4-10(5-2)9(12)13-8-6-7-11-3/h6-7H,4-5,8H2,1-3H3. The van der Waals surface area contributed by atoms with Crippen LogP contribution >= 0.6 is 24.0 Å². The normalized spacial score (nSPS) is 10.4. The molecule has 0 fully saturated rings. The highest BCUT2D eigenvalue weighted by Crippen LogP contribution is 2.09. The van der Waals surface area contributed by atoms with Gasteiger partial charge in [-0.1, -0.05) is 24.0 Å². The Hall–Kier alpha value is -0.220. The van der Waals surface area contributed by atoms with E-state index in [1.54, 1.807) is 25.1 Å². The molecular formula is C9H17NOS2. The summed E-state index contributed by atoms with van der Waals surface area (Å²) in [6, 6.07) is 0. The molecule has 0 heterocycles. The fourth-order valence-corrected chi connectivity index (χ4v) is 2.05. The molecule has 0 unspecified atom stereocenters. The number of thioether (sulfide) groups is 1. The van der Waals surface area contributed by atoms with Gasteiger partial charge in [-0.25, -0.2) is 0 Å². The lowest BCUT2D eigenvalue weighted by molar-refractivity contribution is 0.337. The molecule has 0 radical (unpaired) electrons. The van der Waals surface area contributed by atoms with E-state index in [9.17, 15) is 0 Å².